The molecule has 0 aliphatic rings. The second-order valence-electron chi connectivity index (χ2n) is 4.18. The Morgan fingerprint density at radius 2 is 1.22 bits per heavy atom. The van der Waals surface area contributed by atoms with Gasteiger partial charge in [-0.15, -0.1) is 0 Å². The molecule has 0 aromatic heterocycles. The Bertz CT molecular complexity index is 477. The van der Waals surface area contributed by atoms with Crippen molar-refractivity contribution in [2.45, 2.75) is 12.3 Å². The molecule has 0 unspecified atom stereocenters. The van der Waals surface area contributed by atoms with E-state index in [1.807, 2.05) is 24.3 Å². The third kappa shape index (κ3) is 2.46. The smallest absolute Gasteiger partial charge is 0.119 e. The molecule has 0 bridgehead atoms. The maximum Gasteiger partial charge on any atom is 0.119 e. The van der Waals surface area contributed by atoms with Crippen LogP contribution in [0.5, 0.6) is 11.5 Å². The fraction of sp³-hybridized carbons (Fsp3) is 0.200. The van der Waals surface area contributed by atoms with Gasteiger partial charge in [0.2, 0.25) is 0 Å². The minimum atomic E-state index is -0.211. The molecule has 2 aromatic carbocycles. The lowest BCUT2D eigenvalue weighted by Gasteiger charge is -2.19. The second-order valence-corrected chi connectivity index (χ2v) is 4.18. The molecule has 2 aromatic rings. The Labute approximate surface area is 106 Å². The summed E-state index contributed by atoms with van der Waals surface area (Å²) in [4.78, 5) is 0. The van der Waals surface area contributed by atoms with Crippen LogP contribution >= 0.6 is 0 Å². The summed E-state index contributed by atoms with van der Waals surface area (Å²) in [5, 5.41) is 29.0. The van der Waals surface area contributed by atoms with Gasteiger partial charge >= 0.3 is 0 Å². The molecule has 0 aliphatic carbocycles. The zero-order valence-electron chi connectivity index (χ0n) is 9.95. The van der Waals surface area contributed by atoms with E-state index in [9.17, 15) is 15.3 Å². The molecule has 94 valence electrons. The summed E-state index contributed by atoms with van der Waals surface area (Å²) in [5.41, 5.74) is 1.43. The van der Waals surface area contributed by atoms with Crippen molar-refractivity contribution < 1.29 is 15.3 Å². The number of aliphatic hydroxyl groups is 1. The van der Waals surface area contributed by atoms with Crippen molar-refractivity contribution in [3.05, 3.63) is 59.7 Å². The molecular weight excluding hydrogens is 228 g/mol. The highest BCUT2D eigenvalue weighted by Gasteiger charge is 2.19. The monoisotopic (exact) mass is 244 g/mol. The molecule has 0 fully saturated rings. The Morgan fingerprint density at radius 1 is 0.778 bits per heavy atom. The van der Waals surface area contributed by atoms with Gasteiger partial charge in [-0.25, -0.2) is 0 Å². The van der Waals surface area contributed by atoms with Crippen LogP contribution in [0.25, 0.3) is 0 Å². The van der Waals surface area contributed by atoms with Gasteiger partial charge in [-0.3, -0.25) is 0 Å². The van der Waals surface area contributed by atoms with Gasteiger partial charge in [0, 0.05) is 23.7 Å². The van der Waals surface area contributed by atoms with E-state index in [1.54, 1.807) is 24.3 Å². The number of aliphatic hydroxyl groups excluding tert-OH is 1. The van der Waals surface area contributed by atoms with Crippen LogP contribution in [-0.2, 0) is 0 Å². The van der Waals surface area contributed by atoms with Crippen LogP contribution in [-0.4, -0.2) is 21.9 Å². The van der Waals surface area contributed by atoms with Crippen molar-refractivity contribution in [2.24, 2.45) is 0 Å². The normalized spacial score (nSPS) is 10.8. The maximum absolute atomic E-state index is 9.90. The van der Waals surface area contributed by atoms with Crippen LogP contribution in [0.15, 0.2) is 48.5 Å². The Balaban J connectivity index is 2.47. The zero-order valence-corrected chi connectivity index (χ0v) is 9.95. The summed E-state index contributed by atoms with van der Waals surface area (Å²) in [6.07, 6.45) is 0.454. The number of hydrogen-bond donors (Lipinski definition) is 3. The molecular formula is C15H16O3. The van der Waals surface area contributed by atoms with Gasteiger partial charge in [-0.1, -0.05) is 36.4 Å². The standard InChI is InChI=1S/C15H16O3/c16-10-9-11(12-5-1-3-7-14(12)17)13-6-2-4-8-15(13)18/h1-8,11,16-18H,9-10H2. The molecule has 0 aliphatic heterocycles. The van der Waals surface area contributed by atoms with Gasteiger partial charge in [-0.05, 0) is 18.6 Å². The summed E-state index contributed by atoms with van der Waals surface area (Å²) < 4.78 is 0. The van der Waals surface area contributed by atoms with Crippen LogP contribution in [0, 0.1) is 0 Å². The van der Waals surface area contributed by atoms with Crippen LogP contribution in [0.2, 0.25) is 0 Å². The van der Waals surface area contributed by atoms with Gasteiger partial charge in [0.25, 0.3) is 0 Å². The molecule has 18 heavy (non-hydrogen) atoms. The highest BCUT2D eigenvalue weighted by molar-refractivity contribution is 5.45. The average molecular weight is 244 g/mol. The van der Waals surface area contributed by atoms with E-state index in [1.165, 1.54) is 0 Å². The first-order valence-corrected chi connectivity index (χ1v) is 5.90. The molecule has 3 N–H and O–H groups in total. The zero-order chi connectivity index (χ0) is 13.0. The first kappa shape index (κ1) is 12.5. The molecule has 0 amide bonds. The minimum Gasteiger partial charge on any atom is -0.508 e. The molecule has 0 heterocycles. The van der Waals surface area contributed by atoms with E-state index >= 15 is 0 Å². The number of hydrogen-bond acceptors (Lipinski definition) is 3. The van der Waals surface area contributed by atoms with E-state index in [2.05, 4.69) is 0 Å². The molecule has 3 heteroatoms. The van der Waals surface area contributed by atoms with Crippen LogP contribution < -0.4 is 0 Å². The Morgan fingerprint density at radius 3 is 1.61 bits per heavy atom. The molecule has 0 saturated carbocycles. The van der Waals surface area contributed by atoms with Crippen molar-refractivity contribution >= 4 is 0 Å². The quantitative estimate of drug-likeness (QED) is 0.774. The number of phenolic OH excluding ortho intramolecular Hbond substituents is 2. The van der Waals surface area contributed by atoms with E-state index in [0.717, 1.165) is 0 Å². The van der Waals surface area contributed by atoms with Gasteiger partial charge in [0.15, 0.2) is 0 Å². The van der Waals surface area contributed by atoms with E-state index in [4.69, 9.17) is 0 Å². The van der Waals surface area contributed by atoms with Crippen molar-refractivity contribution in [1.82, 2.24) is 0 Å². The number of para-hydroxylation sites is 2. The fourth-order valence-corrected chi connectivity index (χ4v) is 2.17. The maximum atomic E-state index is 9.90. The van der Waals surface area contributed by atoms with E-state index in [-0.39, 0.29) is 24.0 Å². The van der Waals surface area contributed by atoms with Gasteiger partial charge in [0.1, 0.15) is 11.5 Å². The third-order valence-corrected chi connectivity index (χ3v) is 3.04. The fourth-order valence-electron chi connectivity index (χ4n) is 2.17. The molecule has 2 rings (SSSR count). The lowest BCUT2D eigenvalue weighted by molar-refractivity contribution is 0.280. The van der Waals surface area contributed by atoms with Crippen molar-refractivity contribution in [3.63, 3.8) is 0 Å². The number of phenols is 2. The first-order valence-electron chi connectivity index (χ1n) is 5.90. The summed E-state index contributed by atoms with van der Waals surface area (Å²) in [7, 11) is 0. The van der Waals surface area contributed by atoms with Crippen molar-refractivity contribution in [3.8, 4) is 11.5 Å². The Kier molecular flexibility index (Phi) is 3.85. The lowest BCUT2D eigenvalue weighted by atomic mass is 9.87. The number of benzene rings is 2. The number of aromatic hydroxyl groups is 2. The topological polar surface area (TPSA) is 60.7 Å². The first-order chi connectivity index (χ1) is 8.74. The molecule has 0 radical (unpaired) electrons. The third-order valence-electron chi connectivity index (χ3n) is 3.04. The summed E-state index contributed by atoms with van der Waals surface area (Å²) >= 11 is 0. The predicted octanol–water partition coefficient (Wildman–Crippen LogP) is 2.61. The molecule has 0 atom stereocenters. The van der Waals surface area contributed by atoms with Crippen molar-refractivity contribution in [1.29, 1.82) is 0 Å². The van der Waals surface area contributed by atoms with E-state index < -0.39 is 0 Å². The minimum absolute atomic E-state index is 0.00661. The molecule has 0 saturated heterocycles. The van der Waals surface area contributed by atoms with Crippen LogP contribution in [0.1, 0.15) is 23.5 Å². The second kappa shape index (κ2) is 5.56. The molecule has 0 spiro atoms. The Hall–Kier alpha value is -2.00. The highest BCUT2D eigenvalue weighted by Crippen LogP contribution is 2.37. The van der Waals surface area contributed by atoms with Crippen LogP contribution in [0.3, 0.4) is 0 Å². The summed E-state index contributed by atoms with van der Waals surface area (Å²) in [6.45, 7) is -0.00661. The van der Waals surface area contributed by atoms with Gasteiger partial charge in [-0.2, -0.15) is 0 Å². The number of rotatable bonds is 4. The van der Waals surface area contributed by atoms with Gasteiger partial charge in [0.05, 0.1) is 0 Å². The predicted molar refractivity (Wildman–Crippen MR) is 69.8 cm³/mol. The molecule has 3 nitrogen and oxygen atoms in total. The highest BCUT2D eigenvalue weighted by atomic mass is 16.3. The lowest BCUT2D eigenvalue weighted by Crippen LogP contribution is -2.04. The van der Waals surface area contributed by atoms with E-state index in [0.29, 0.717) is 17.5 Å². The summed E-state index contributed by atoms with van der Waals surface area (Å²) in [6, 6.07) is 14.0. The summed E-state index contributed by atoms with van der Waals surface area (Å²) in [5.74, 6) is 0.149. The SMILES string of the molecule is OCCC(c1ccccc1O)c1ccccc1O. The van der Waals surface area contributed by atoms with Crippen LogP contribution in [0.4, 0.5) is 0 Å². The average Bonchev–Trinajstić information content (AvgIpc) is 2.38. The van der Waals surface area contributed by atoms with Crippen molar-refractivity contribution in [2.75, 3.05) is 6.61 Å². The largest absolute Gasteiger partial charge is 0.508 e. The van der Waals surface area contributed by atoms with Gasteiger partial charge < -0.3 is 15.3 Å².